The molecule has 1 N–H and O–H groups in total. The highest BCUT2D eigenvalue weighted by Crippen LogP contribution is 2.11. The highest BCUT2D eigenvalue weighted by Gasteiger charge is 2.11. The fourth-order valence-corrected chi connectivity index (χ4v) is 1.72. The van der Waals surface area contributed by atoms with Gasteiger partial charge in [0, 0.05) is 13.5 Å². The second-order valence-corrected chi connectivity index (χ2v) is 4.29. The predicted molar refractivity (Wildman–Crippen MR) is 77.7 cm³/mol. The van der Waals surface area contributed by atoms with Gasteiger partial charge in [0.2, 0.25) is 0 Å². The van der Waals surface area contributed by atoms with E-state index in [0.29, 0.717) is 12.8 Å². The van der Waals surface area contributed by atoms with Crippen LogP contribution in [-0.4, -0.2) is 31.2 Å². The van der Waals surface area contributed by atoms with Crippen molar-refractivity contribution >= 4 is 6.08 Å². The molecule has 0 fully saturated rings. The molecule has 0 saturated heterocycles. The number of rotatable bonds is 9. The van der Waals surface area contributed by atoms with Crippen molar-refractivity contribution in [2.75, 3.05) is 13.9 Å². The normalized spacial score (nSPS) is 14.4. The van der Waals surface area contributed by atoms with Crippen molar-refractivity contribution in [3.8, 4) is 0 Å². The molecule has 3 heteroatoms. The van der Waals surface area contributed by atoms with E-state index >= 15 is 0 Å². The number of hydrogen-bond acceptors (Lipinski definition) is 3. The van der Waals surface area contributed by atoms with Gasteiger partial charge in [0.15, 0.2) is 0 Å². The Balaban J connectivity index is 2.45. The Morgan fingerprint density at radius 1 is 1.32 bits per heavy atom. The highest BCUT2D eigenvalue weighted by atomic mass is 16.7. The Hall–Kier alpha value is -1.42. The van der Waals surface area contributed by atoms with E-state index in [1.54, 1.807) is 19.3 Å². The van der Waals surface area contributed by atoms with E-state index in [9.17, 15) is 5.11 Å². The third-order valence-electron chi connectivity index (χ3n) is 2.67. The fraction of sp³-hybridized carbons (Fsp3) is 0.375. The van der Waals surface area contributed by atoms with Crippen LogP contribution >= 0.6 is 0 Å². The first-order valence-electron chi connectivity index (χ1n) is 6.39. The van der Waals surface area contributed by atoms with Crippen molar-refractivity contribution in [1.29, 1.82) is 0 Å². The Morgan fingerprint density at radius 3 is 2.68 bits per heavy atom. The van der Waals surface area contributed by atoms with Gasteiger partial charge >= 0.3 is 0 Å². The zero-order chi connectivity index (χ0) is 13.9. The van der Waals surface area contributed by atoms with Crippen LogP contribution in [0, 0.1) is 0 Å². The maximum absolute atomic E-state index is 9.96. The molecule has 0 unspecified atom stereocenters. The molecule has 0 aliphatic carbocycles. The monoisotopic (exact) mass is 262 g/mol. The van der Waals surface area contributed by atoms with Gasteiger partial charge in [-0.3, -0.25) is 0 Å². The van der Waals surface area contributed by atoms with Gasteiger partial charge in [0.05, 0.1) is 12.2 Å². The molecule has 1 aromatic carbocycles. The molecule has 0 aromatic heterocycles. The Labute approximate surface area is 115 Å². The quantitative estimate of drug-likeness (QED) is 0.549. The van der Waals surface area contributed by atoms with Gasteiger partial charge in [-0.1, -0.05) is 48.6 Å². The Bertz CT molecular complexity index is 373. The predicted octanol–water partition coefficient (Wildman–Crippen LogP) is 3.02. The largest absolute Gasteiger partial charge is 0.389 e. The van der Waals surface area contributed by atoms with Gasteiger partial charge in [-0.25, -0.2) is 0 Å². The number of aliphatic hydroxyl groups excluding tert-OH is 1. The minimum atomic E-state index is -0.540. The molecule has 0 aliphatic heterocycles. The molecular formula is C16H22O3. The summed E-state index contributed by atoms with van der Waals surface area (Å²) in [6, 6.07) is 9.88. The van der Waals surface area contributed by atoms with E-state index in [-0.39, 0.29) is 12.9 Å². The molecule has 0 saturated carbocycles. The maximum Gasteiger partial charge on any atom is 0.146 e. The maximum atomic E-state index is 9.96. The molecule has 1 aromatic rings. The number of ether oxygens (including phenoxy) is 2. The second kappa shape index (κ2) is 9.50. The zero-order valence-corrected chi connectivity index (χ0v) is 11.4. The summed E-state index contributed by atoms with van der Waals surface area (Å²) in [4.78, 5) is 0. The van der Waals surface area contributed by atoms with E-state index in [2.05, 4.69) is 6.58 Å². The molecule has 19 heavy (non-hydrogen) atoms. The second-order valence-electron chi connectivity index (χ2n) is 4.29. The average Bonchev–Trinajstić information content (AvgIpc) is 2.44. The van der Waals surface area contributed by atoms with Crippen LogP contribution in [0.1, 0.15) is 18.4 Å². The molecule has 0 aliphatic rings. The molecule has 3 nitrogen and oxygen atoms in total. The molecule has 0 bridgehead atoms. The molecule has 104 valence electrons. The van der Waals surface area contributed by atoms with Gasteiger partial charge < -0.3 is 14.6 Å². The Kier molecular flexibility index (Phi) is 7.82. The first-order valence-corrected chi connectivity index (χ1v) is 6.39. The van der Waals surface area contributed by atoms with Crippen LogP contribution < -0.4 is 0 Å². The van der Waals surface area contributed by atoms with Crippen molar-refractivity contribution in [3.63, 3.8) is 0 Å². The molecule has 2 atom stereocenters. The summed E-state index contributed by atoms with van der Waals surface area (Å²) in [7, 11) is 1.58. The van der Waals surface area contributed by atoms with E-state index < -0.39 is 6.10 Å². The average molecular weight is 262 g/mol. The number of hydrogen-bond donors (Lipinski definition) is 1. The molecule has 0 amide bonds. The van der Waals surface area contributed by atoms with E-state index in [0.717, 1.165) is 5.56 Å². The third-order valence-corrected chi connectivity index (χ3v) is 2.67. The van der Waals surface area contributed by atoms with Crippen LogP contribution in [0.2, 0.25) is 0 Å². The lowest BCUT2D eigenvalue weighted by atomic mass is 10.1. The first-order chi connectivity index (χ1) is 9.26. The lowest BCUT2D eigenvalue weighted by molar-refractivity contribution is -0.0798. The SMILES string of the molecule is C=CC[C@@H](C[C@@H](O)/C=C/c1ccccc1)OCOC. The van der Waals surface area contributed by atoms with Crippen LogP contribution in [0.5, 0.6) is 0 Å². The van der Waals surface area contributed by atoms with Crippen molar-refractivity contribution < 1.29 is 14.6 Å². The molecule has 1 rings (SSSR count). The topological polar surface area (TPSA) is 38.7 Å². The van der Waals surface area contributed by atoms with Crippen LogP contribution in [-0.2, 0) is 9.47 Å². The minimum Gasteiger partial charge on any atom is -0.389 e. The smallest absolute Gasteiger partial charge is 0.146 e. The number of methoxy groups -OCH3 is 1. The molecular weight excluding hydrogens is 240 g/mol. The first kappa shape index (κ1) is 15.6. The summed E-state index contributed by atoms with van der Waals surface area (Å²) in [6.07, 6.45) is 6.08. The van der Waals surface area contributed by atoms with Crippen LogP contribution in [0.4, 0.5) is 0 Å². The van der Waals surface area contributed by atoms with Crippen LogP contribution in [0.25, 0.3) is 6.08 Å². The number of aliphatic hydroxyl groups is 1. The van der Waals surface area contributed by atoms with Crippen LogP contribution in [0.3, 0.4) is 0 Å². The summed E-state index contributed by atoms with van der Waals surface area (Å²) in [5.41, 5.74) is 1.07. The molecule has 0 heterocycles. The van der Waals surface area contributed by atoms with Crippen LogP contribution in [0.15, 0.2) is 49.1 Å². The summed E-state index contributed by atoms with van der Waals surface area (Å²) in [5.74, 6) is 0. The van der Waals surface area contributed by atoms with Gasteiger partial charge in [0.1, 0.15) is 6.79 Å². The third kappa shape index (κ3) is 6.91. The van der Waals surface area contributed by atoms with Crippen molar-refractivity contribution in [2.24, 2.45) is 0 Å². The van der Waals surface area contributed by atoms with E-state index in [1.165, 1.54) is 0 Å². The van der Waals surface area contributed by atoms with Gasteiger partial charge in [-0.05, 0) is 12.0 Å². The molecule has 0 spiro atoms. The lowest BCUT2D eigenvalue weighted by Gasteiger charge is -2.17. The lowest BCUT2D eigenvalue weighted by Crippen LogP contribution is -2.20. The fourth-order valence-electron chi connectivity index (χ4n) is 1.72. The van der Waals surface area contributed by atoms with Gasteiger partial charge in [-0.15, -0.1) is 6.58 Å². The Morgan fingerprint density at radius 2 is 2.05 bits per heavy atom. The minimum absolute atomic E-state index is 0.0760. The van der Waals surface area contributed by atoms with Gasteiger partial charge in [-0.2, -0.15) is 0 Å². The standard InChI is InChI=1S/C16H22O3/c1-3-7-16(19-13-18-2)12-15(17)11-10-14-8-5-4-6-9-14/h3-6,8-11,15-17H,1,7,12-13H2,2H3/b11-10+/t15-,16-/m0/s1. The van der Waals surface area contributed by atoms with Crippen molar-refractivity contribution in [3.05, 3.63) is 54.6 Å². The van der Waals surface area contributed by atoms with Crippen molar-refractivity contribution in [2.45, 2.75) is 25.0 Å². The van der Waals surface area contributed by atoms with Crippen molar-refractivity contribution in [1.82, 2.24) is 0 Å². The number of benzene rings is 1. The summed E-state index contributed by atoms with van der Waals surface area (Å²) in [5, 5.41) is 9.96. The van der Waals surface area contributed by atoms with E-state index in [1.807, 2.05) is 36.4 Å². The highest BCUT2D eigenvalue weighted by molar-refractivity contribution is 5.49. The summed E-state index contributed by atoms with van der Waals surface area (Å²) < 4.78 is 10.3. The molecule has 0 radical (unpaired) electrons. The van der Waals surface area contributed by atoms with E-state index in [4.69, 9.17) is 9.47 Å². The van der Waals surface area contributed by atoms with Gasteiger partial charge in [0.25, 0.3) is 0 Å². The summed E-state index contributed by atoms with van der Waals surface area (Å²) >= 11 is 0. The zero-order valence-electron chi connectivity index (χ0n) is 11.4. The summed E-state index contributed by atoms with van der Waals surface area (Å²) in [6.45, 7) is 3.92.